The topological polar surface area (TPSA) is 84.7 Å². The van der Waals surface area contributed by atoms with Gasteiger partial charge in [-0.3, -0.25) is 9.59 Å². The number of halogens is 2. The normalized spacial score (nSPS) is 17.1. The van der Waals surface area contributed by atoms with Crippen molar-refractivity contribution < 1.29 is 23.1 Å². The van der Waals surface area contributed by atoms with E-state index in [2.05, 4.69) is 10.1 Å². The summed E-state index contributed by atoms with van der Waals surface area (Å²) in [5.74, 6) is -0.603. The maximum Gasteiger partial charge on any atom is 0.387 e. The third-order valence-electron chi connectivity index (χ3n) is 4.27. The number of hydrogen-bond donors (Lipinski definition) is 2. The molecule has 1 heterocycles. The van der Waals surface area contributed by atoms with Gasteiger partial charge < -0.3 is 20.7 Å². The maximum absolute atomic E-state index is 12.8. The fourth-order valence-electron chi connectivity index (χ4n) is 2.99. The van der Waals surface area contributed by atoms with Crippen LogP contribution in [0.15, 0.2) is 48.5 Å². The lowest BCUT2D eigenvalue weighted by Crippen LogP contribution is -2.52. The molecule has 0 aromatic heterocycles. The molecule has 2 amide bonds. The van der Waals surface area contributed by atoms with E-state index in [4.69, 9.17) is 5.73 Å². The van der Waals surface area contributed by atoms with Gasteiger partial charge in [-0.1, -0.05) is 6.07 Å². The molecule has 142 valence electrons. The maximum atomic E-state index is 12.8. The van der Waals surface area contributed by atoms with E-state index in [1.54, 1.807) is 24.3 Å². The van der Waals surface area contributed by atoms with Crippen molar-refractivity contribution in [2.75, 3.05) is 17.2 Å². The van der Waals surface area contributed by atoms with Gasteiger partial charge >= 0.3 is 6.61 Å². The number of carbonyl (C=O) groups excluding carboxylic acids is 2. The molecule has 0 aliphatic carbocycles. The van der Waals surface area contributed by atoms with Gasteiger partial charge in [0.2, 0.25) is 5.91 Å². The number of benzene rings is 2. The van der Waals surface area contributed by atoms with Gasteiger partial charge in [0.15, 0.2) is 0 Å². The summed E-state index contributed by atoms with van der Waals surface area (Å²) < 4.78 is 28.8. The van der Waals surface area contributed by atoms with Gasteiger partial charge in [-0.15, -0.1) is 0 Å². The number of alkyl halides is 2. The minimum Gasteiger partial charge on any atom is -0.435 e. The second-order valence-corrected chi connectivity index (χ2v) is 6.16. The van der Waals surface area contributed by atoms with Crippen molar-refractivity contribution >= 4 is 23.2 Å². The van der Waals surface area contributed by atoms with Gasteiger partial charge in [0.1, 0.15) is 11.8 Å². The first kappa shape index (κ1) is 18.6. The third-order valence-corrected chi connectivity index (χ3v) is 4.27. The summed E-state index contributed by atoms with van der Waals surface area (Å²) >= 11 is 0. The average Bonchev–Trinajstić information content (AvgIpc) is 2.64. The lowest BCUT2D eigenvalue weighted by atomic mass is 10.0. The molecule has 8 heteroatoms. The number of amides is 2. The summed E-state index contributed by atoms with van der Waals surface area (Å²) in [5.41, 5.74) is 7.09. The quantitative estimate of drug-likeness (QED) is 0.787. The fraction of sp³-hybridized carbons (Fsp3) is 0.263. The molecule has 1 aliphatic heterocycles. The molecule has 27 heavy (non-hydrogen) atoms. The molecule has 3 N–H and O–H groups in total. The van der Waals surface area contributed by atoms with E-state index in [1.807, 2.05) is 0 Å². The van der Waals surface area contributed by atoms with E-state index in [1.165, 1.54) is 29.2 Å². The number of nitrogen functional groups attached to an aromatic ring is 1. The second kappa shape index (κ2) is 8.03. The van der Waals surface area contributed by atoms with Crippen molar-refractivity contribution in [2.24, 2.45) is 0 Å². The first-order chi connectivity index (χ1) is 12.9. The predicted octanol–water partition coefficient (Wildman–Crippen LogP) is 2.80. The molecule has 0 radical (unpaired) electrons. The average molecular weight is 375 g/mol. The number of piperidine rings is 1. The highest BCUT2D eigenvalue weighted by atomic mass is 19.3. The van der Waals surface area contributed by atoms with Crippen LogP contribution in [0.2, 0.25) is 0 Å². The zero-order valence-electron chi connectivity index (χ0n) is 14.4. The van der Waals surface area contributed by atoms with Crippen LogP contribution in [0.4, 0.5) is 20.2 Å². The molecule has 3 rings (SSSR count). The van der Waals surface area contributed by atoms with Gasteiger partial charge in [-0.25, -0.2) is 0 Å². The molecule has 1 atom stereocenters. The van der Waals surface area contributed by atoms with Crippen LogP contribution in [-0.4, -0.2) is 31.0 Å². The van der Waals surface area contributed by atoms with Gasteiger partial charge in [0.25, 0.3) is 5.91 Å². The molecule has 6 nitrogen and oxygen atoms in total. The highest BCUT2D eigenvalue weighted by molar-refractivity contribution is 6.03. The number of anilines is 2. The minimum atomic E-state index is -2.90. The number of nitrogens with one attached hydrogen (secondary N) is 1. The van der Waals surface area contributed by atoms with E-state index in [9.17, 15) is 18.4 Å². The Balaban J connectivity index is 1.69. The molecule has 0 saturated carbocycles. The van der Waals surface area contributed by atoms with Gasteiger partial charge in [-0.2, -0.15) is 8.78 Å². The Morgan fingerprint density at radius 2 is 1.96 bits per heavy atom. The fourth-order valence-corrected chi connectivity index (χ4v) is 2.99. The van der Waals surface area contributed by atoms with Gasteiger partial charge in [0, 0.05) is 23.5 Å². The van der Waals surface area contributed by atoms with E-state index < -0.39 is 12.7 Å². The van der Waals surface area contributed by atoms with Crippen molar-refractivity contribution in [2.45, 2.75) is 25.5 Å². The lowest BCUT2D eigenvalue weighted by Gasteiger charge is -2.32. The Morgan fingerprint density at radius 3 is 2.63 bits per heavy atom. The summed E-state index contributed by atoms with van der Waals surface area (Å²) in [7, 11) is 0. The van der Waals surface area contributed by atoms with Crippen LogP contribution in [0.5, 0.6) is 5.75 Å². The molecule has 0 bridgehead atoms. The summed E-state index contributed by atoms with van der Waals surface area (Å²) in [5, 5.41) is 2.74. The summed E-state index contributed by atoms with van der Waals surface area (Å²) in [6, 6.07) is 11.7. The van der Waals surface area contributed by atoms with Crippen LogP contribution >= 0.6 is 0 Å². The number of rotatable bonds is 5. The van der Waals surface area contributed by atoms with Crippen molar-refractivity contribution in [1.82, 2.24) is 5.32 Å². The number of nitrogens with zero attached hydrogens (tertiary/aromatic N) is 1. The summed E-state index contributed by atoms with van der Waals surface area (Å²) in [4.78, 5) is 26.7. The molecule has 1 unspecified atom stereocenters. The van der Waals surface area contributed by atoms with Gasteiger partial charge in [0.05, 0.1) is 0 Å². The van der Waals surface area contributed by atoms with Crippen molar-refractivity contribution in [3.63, 3.8) is 0 Å². The van der Waals surface area contributed by atoms with Crippen LogP contribution in [0, 0.1) is 0 Å². The molecule has 2 aromatic rings. The Bertz CT molecular complexity index is 827. The predicted molar refractivity (Wildman–Crippen MR) is 96.8 cm³/mol. The Hall–Kier alpha value is -3.16. The van der Waals surface area contributed by atoms with Crippen LogP contribution in [0.1, 0.15) is 23.2 Å². The van der Waals surface area contributed by atoms with E-state index in [0.29, 0.717) is 36.3 Å². The van der Waals surface area contributed by atoms with Crippen molar-refractivity contribution in [3.8, 4) is 5.75 Å². The zero-order chi connectivity index (χ0) is 19.4. The SMILES string of the molecule is Nc1cccc(C(=O)NC2CCCN(c3ccc(OC(F)F)cc3)C2=O)c1. The molecule has 1 saturated heterocycles. The van der Waals surface area contributed by atoms with Crippen LogP contribution in [-0.2, 0) is 4.79 Å². The monoisotopic (exact) mass is 375 g/mol. The number of ether oxygens (including phenoxy) is 1. The standard InChI is InChI=1S/C19H19F2N3O3/c20-19(21)27-15-8-6-14(7-9-15)24-10-2-5-16(18(24)26)23-17(25)12-3-1-4-13(22)11-12/h1,3-4,6-9,11,16,19H,2,5,10,22H2,(H,23,25). The third kappa shape index (κ3) is 4.52. The van der Waals surface area contributed by atoms with E-state index >= 15 is 0 Å². The van der Waals surface area contributed by atoms with Gasteiger partial charge in [-0.05, 0) is 55.3 Å². The summed E-state index contributed by atoms with van der Waals surface area (Å²) in [6.07, 6.45) is 1.22. The van der Waals surface area contributed by atoms with Crippen LogP contribution < -0.4 is 20.7 Å². The summed E-state index contributed by atoms with van der Waals surface area (Å²) in [6.45, 7) is -2.42. The Kier molecular flexibility index (Phi) is 5.54. The van der Waals surface area contributed by atoms with Crippen molar-refractivity contribution in [1.29, 1.82) is 0 Å². The van der Waals surface area contributed by atoms with E-state index in [0.717, 1.165) is 0 Å². The largest absolute Gasteiger partial charge is 0.435 e. The Labute approximate surface area is 154 Å². The van der Waals surface area contributed by atoms with Crippen molar-refractivity contribution in [3.05, 3.63) is 54.1 Å². The molecule has 0 spiro atoms. The zero-order valence-corrected chi connectivity index (χ0v) is 14.4. The molecular formula is C19H19F2N3O3. The number of carbonyl (C=O) groups is 2. The smallest absolute Gasteiger partial charge is 0.387 e. The molecule has 2 aromatic carbocycles. The lowest BCUT2D eigenvalue weighted by molar-refractivity contribution is -0.121. The first-order valence-electron chi connectivity index (χ1n) is 8.46. The van der Waals surface area contributed by atoms with Crippen LogP contribution in [0.25, 0.3) is 0 Å². The van der Waals surface area contributed by atoms with Crippen LogP contribution in [0.3, 0.4) is 0 Å². The number of hydrogen-bond acceptors (Lipinski definition) is 4. The minimum absolute atomic E-state index is 0.0183. The highest BCUT2D eigenvalue weighted by Crippen LogP contribution is 2.24. The first-order valence-corrected chi connectivity index (χ1v) is 8.46. The Morgan fingerprint density at radius 1 is 1.22 bits per heavy atom. The highest BCUT2D eigenvalue weighted by Gasteiger charge is 2.31. The second-order valence-electron chi connectivity index (χ2n) is 6.16. The molecule has 1 aliphatic rings. The van der Waals surface area contributed by atoms with E-state index in [-0.39, 0.29) is 17.6 Å². The molecular weight excluding hydrogens is 356 g/mol. The number of nitrogens with two attached hydrogens (primary N) is 1. The molecule has 1 fully saturated rings.